The largest absolute Gasteiger partial charge is 0.454 e. The zero-order chi connectivity index (χ0) is 14.0. The molecule has 0 amide bonds. The Bertz CT molecular complexity index is 578. The molecule has 0 radical (unpaired) electrons. The maximum absolute atomic E-state index is 13.6. The van der Waals surface area contributed by atoms with Crippen LogP contribution in [0.15, 0.2) is 24.5 Å². The van der Waals surface area contributed by atoms with Crippen LogP contribution in [0, 0.1) is 12.7 Å². The summed E-state index contributed by atoms with van der Waals surface area (Å²) in [4.78, 5) is 0. The van der Waals surface area contributed by atoms with Gasteiger partial charge in [0.2, 0.25) is 0 Å². The predicted octanol–water partition coefficient (Wildman–Crippen LogP) is 3.16. The predicted molar refractivity (Wildman–Crippen MR) is 71.7 cm³/mol. The van der Waals surface area contributed by atoms with E-state index in [1.165, 1.54) is 6.07 Å². The minimum atomic E-state index is -0.300. The molecular formula is C14H18FN3O. The summed E-state index contributed by atoms with van der Waals surface area (Å²) in [6, 6.07) is 2.79. The van der Waals surface area contributed by atoms with Crippen LogP contribution in [0.3, 0.4) is 0 Å². The molecule has 0 saturated carbocycles. The molecule has 1 heterocycles. The van der Waals surface area contributed by atoms with Crippen LogP contribution in [-0.2, 0) is 6.54 Å². The van der Waals surface area contributed by atoms with Crippen molar-refractivity contribution in [2.45, 2.75) is 33.4 Å². The summed E-state index contributed by atoms with van der Waals surface area (Å²) in [6.45, 7) is 6.26. The monoisotopic (exact) mass is 263 g/mol. The number of ether oxygens (including phenoxy) is 1. The Kier molecular flexibility index (Phi) is 3.85. The van der Waals surface area contributed by atoms with Gasteiger partial charge in [-0.2, -0.15) is 5.10 Å². The summed E-state index contributed by atoms with van der Waals surface area (Å²) in [7, 11) is 0. The molecule has 2 N–H and O–H groups in total. The molecule has 2 rings (SSSR count). The van der Waals surface area contributed by atoms with Crippen LogP contribution in [-0.4, -0.2) is 9.78 Å². The molecule has 19 heavy (non-hydrogen) atoms. The first kappa shape index (κ1) is 13.5. The lowest BCUT2D eigenvalue weighted by Gasteiger charge is -2.14. The van der Waals surface area contributed by atoms with E-state index in [9.17, 15) is 4.39 Å². The van der Waals surface area contributed by atoms with Crippen LogP contribution >= 0.6 is 0 Å². The molecule has 0 aliphatic carbocycles. The van der Waals surface area contributed by atoms with Crippen molar-refractivity contribution in [2.24, 2.45) is 5.73 Å². The summed E-state index contributed by atoms with van der Waals surface area (Å²) in [5, 5.41) is 4.13. The Hall–Kier alpha value is -1.88. The summed E-state index contributed by atoms with van der Waals surface area (Å²) >= 11 is 0. The summed E-state index contributed by atoms with van der Waals surface area (Å²) in [5.74, 6) is 0.920. The van der Waals surface area contributed by atoms with Crippen LogP contribution in [0.4, 0.5) is 4.39 Å². The highest BCUT2D eigenvalue weighted by Gasteiger charge is 2.13. The number of nitrogens with zero attached hydrogens (tertiary/aromatic N) is 2. The van der Waals surface area contributed by atoms with E-state index in [2.05, 4.69) is 5.10 Å². The Balaban J connectivity index is 2.35. The van der Waals surface area contributed by atoms with Gasteiger partial charge in [-0.15, -0.1) is 0 Å². The third-order valence-electron chi connectivity index (χ3n) is 2.94. The van der Waals surface area contributed by atoms with Gasteiger partial charge in [0.25, 0.3) is 0 Å². The molecule has 1 atom stereocenters. The van der Waals surface area contributed by atoms with Gasteiger partial charge in [-0.05, 0) is 38.5 Å². The van der Waals surface area contributed by atoms with Crippen LogP contribution in [0.25, 0.3) is 0 Å². The fourth-order valence-corrected chi connectivity index (χ4v) is 1.81. The number of rotatable bonds is 4. The van der Waals surface area contributed by atoms with Crippen molar-refractivity contribution in [3.8, 4) is 11.5 Å². The normalized spacial score (nSPS) is 12.5. The van der Waals surface area contributed by atoms with Gasteiger partial charge in [0.05, 0.1) is 12.4 Å². The SMILES string of the molecule is CCn1cc(Oc2cc(C)c(F)cc2[C@@H](C)N)cn1. The molecule has 0 bridgehead atoms. The van der Waals surface area contributed by atoms with E-state index in [0.717, 1.165) is 6.54 Å². The molecule has 0 fully saturated rings. The third-order valence-corrected chi connectivity index (χ3v) is 2.94. The molecule has 0 unspecified atom stereocenters. The molecule has 0 aliphatic rings. The highest BCUT2D eigenvalue weighted by molar-refractivity contribution is 5.42. The standard InChI is InChI=1S/C14H18FN3O/c1-4-18-8-11(7-17-18)19-14-5-9(2)13(15)6-12(14)10(3)16/h5-8,10H,4,16H2,1-3H3/t10-/m1/s1. The lowest BCUT2D eigenvalue weighted by atomic mass is 10.1. The van der Waals surface area contributed by atoms with Gasteiger partial charge < -0.3 is 10.5 Å². The first-order valence-electron chi connectivity index (χ1n) is 6.27. The van der Waals surface area contributed by atoms with E-state index in [4.69, 9.17) is 10.5 Å². The highest BCUT2D eigenvalue weighted by atomic mass is 19.1. The van der Waals surface area contributed by atoms with E-state index in [1.807, 2.05) is 6.92 Å². The lowest BCUT2D eigenvalue weighted by Crippen LogP contribution is -2.07. The summed E-state index contributed by atoms with van der Waals surface area (Å²) < 4.78 is 21.1. The topological polar surface area (TPSA) is 53.1 Å². The van der Waals surface area contributed by atoms with Crippen molar-refractivity contribution in [2.75, 3.05) is 0 Å². The third kappa shape index (κ3) is 2.93. The summed E-state index contributed by atoms with van der Waals surface area (Å²) in [6.07, 6.45) is 3.43. The molecule has 0 saturated heterocycles. The van der Waals surface area contributed by atoms with E-state index in [0.29, 0.717) is 22.6 Å². The van der Waals surface area contributed by atoms with Gasteiger partial charge >= 0.3 is 0 Å². The van der Waals surface area contributed by atoms with Gasteiger partial charge in [0, 0.05) is 18.2 Å². The van der Waals surface area contributed by atoms with Gasteiger partial charge in [-0.25, -0.2) is 4.39 Å². The van der Waals surface area contributed by atoms with Gasteiger partial charge in [0.1, 0.15) is 11.6 Å². The first-order valence-corrected chi connectivity index (χ1v) is 6.27. The van der Waals surface area contributed by atoms with Crippen LogP contribution in [0.5, 0.6) is 11.5 Å². The number of hydrogen-bond acceptors (Lipinski definition) is 3. The fraction of sp³-hybridized carbons (Fsp3) is 0.357. The van der Waals surface area contributed by atoms with E-state index < -0.39 is 0 Å². The number of halogens is 1. The van der Waals surface area contributed by atoms with Crippen molar-refractivity contribution >= 4 is 0 Å². The zero-order valence-electron chi connectivity index (χ0n) is 11.4. The fourth-order valence-electron chi connectivity index (χ4n) is 1.81. The second-order valence-electron chi connectivity index (χ2n) is 4.56. The van der Waals surface area contributed by atoms with Crippen LogP contribution < -0.4 is 10.5 Å². The minimum absolute atomic E-state index is 0.274. The van der Waals surface area contributed by atoms with Crippen LogP contribution in [0.2, 0.25) is 0 Å². The maximum atomic E-state index is 13.6. The molecule has 1 aromatic heterocycles. The van der Waals surface area contributed by atoms with E-state index in [-0.39, 0.29) is 11.9 Å². The average Bonchev–Trinajstić information content (AvgIpc) is 2.81. The average molecular weight is 263 g/mol. The van der Waals surface area contributed by atoms with Crippen LogP contribution in [0.1, 0.15) is 31.0 Å². The molecule has 2 aromatic rings. The zero-order valence-corrected chi connectivity index (χ0v) is 11.4. The molecule has 1 aromatic carbocycles. The maximum Gasteiger partial charge on any atom is 0.165 e. The molecule has 102 valence electrons. The van der Waals surface area contributed by atoms with E-state index in [1.54, 1.807) is 37.0 Å². The molecule has 0 spiro atoms. The molecule has 4 nitrogen and oxygen atoms in total. The number of nitrogens with two attached hydrogens (primary N) is 1. The molecule has 0 aliphatic heterocycles. The Morgan fingerprint density at radius 3 is 2.79 bits per heavy atom. The van der Waals surface area contributed by atoms with Crippen molar-refractivity contribution < 1.29 is 9.13 Å². The Morgan fingerprint density at radius 1 is 1.47 bits per heavy atom. The highest BCUT2D eigenvalue weighted by Crippen LogP contribution is 2.31. The Labute approximate surface area is 112 Å². The van der Waals surface area contributed by atoms with Crippen molar-refractivity contribution in [1.82, 2.24) is 9.78 Å². The van der Waals surface area contributed by atoms with Crippen molar-refractivity contribution in [3.63, 3.8) is 0 Å². The minimum Gasteiger partial charge on any atom is -0.454 e. The van der Waals surface area contributed by atoms with E-state index >= 15 is 0 Å². The second kappa shape index (κ2) is 5.40. The molecular weight excluding hydrogens is 245 g/mol. The lowest BCUT2D eigenvalue weighted by molar-refractivity contribution is 0.467. The van der Waals surface area contributed by atoms with Crippen molar-refractivity contribution in [1.29, 1.82) is 0 Å². The number of aryl methyl sites for hydroxylation is 2. The van der Waals surface area contributed by atoms with Gasteiger partial charge in [-0.1, -0.05) is 0 Å². The smallest absolute Gasteiger partial charge is 0.165 e. The summed E-state index contributed by atoms with van der Waals surface area (Å²) in [5.41, 5.74) is 7.03. The molecule has 5 heteroatoms. The number of hydrogen-bond donors (Lipinski definition) is 1. The number of aromatic nitrogens is 2. The van der Waals surface area contributed by atoms with Gasteiger partial charge in [0.15, 0.2) is 5.75 Å². The Morgan fingerprint density at radius 2 is 2.21 bits per heavy atom. The second-order valence-corrected chi connectivity index (χ2v) is 4.56. The first-order chi connectivity index (χ1) is 9.01. The quantitative estimate of drug-likeness (QED) is 0.921. The number of benzene rings is 1. The van der Waals surface area contributed by atoms with Crippen molar-refractivity contribution in [3.05, 3.63) is 41.5 Å². The van der Waals surface area contributed by atoms with Gasteiger partial charge in [-0.3, -0.25) is 4.68 Å².